The van der Waals surface area contributed by atoms with Gasteiger partial charge in [0.1, 0.15) is 11.6 Å². The fourth-order valence-corrected chi connectivity index (χ4v) is 1.44. The summed E-state index contributed by atoms with van der Waals surface area (Å²) < 4.78 is 0. The zero-order chi connectivity index (χ0) is 11.9. The fraction of sp³-hybridized carbons (Fsp3) is 0.455. The number of pyridine rings is 1. The van der Waals surface area contributed by atoms with E-state index in [1.54, 1.807) is 0 Å². The summed E-state index contributed by atoms with van der Waals surface area (Å²) in [5, 5.41) is 0. The van der Waals surface area contributed by atoms with Crippen LogP contribution in [0.5, 0.6) is 0 Å². The summed E-state index contributed by atoms with van der Waals surface area (Å²) in [4.78, 5) is 14.0. The van der Waals surface area contributed by atoms with Crippen LogP contribution in [0.15, 0.2) is 12.1 Å². The molecule has 16 heavy (non-hydrogen) atoms. The van der Waals surface area contributed by atoms with Crippen molar-refractivity contribution in [2.45, 2.75) is 19.4 Å². The zero-order valence-corrected chi connectivity index (χ0v) is 10.1. The Morgan fingerprint density at radius 1 is 1.25 bits per heavy atom. The van der Waals surface area contributed by atoms with Crippen molar-refractivity contribution >= 4 is 17.0 Å². The molecule has 2 heterocycles. The van der Waals surface area contributed by atoms with Crippen LogP contribution in [-0.4, -0.2) is 29.0 Å². The molecule has 3 N–H and O–H groups in total. The first-order valence-electron chi connectivity index (χ1n) is 5.21. The van der Waals surface area contributed by atoms with Crippen molar-refractivity contribution in [2.24, 2.45) is 5.73 Å². The molecule has 5 nitrogen and oxygen atoms in total. The van der Waals surface area contributed by atoms with Crippen LogP contribution in [0.1, 0.15) is 19.7 Å². The minimum Gasteiger partial charge on any atom is -0.363 e. The van der Waals surface area contributed by atoms with E-state index in [1.165, 1.54) is 0 Å². The number of nitrogens with zero attached hydrogens (tertiary/aromatic N) is 3. The lowest BCUT2D eigenvalue weighted by molar-refractivity contribution is 0.522. The first kappa shape index (κ1) is 10.9. The summed E-state index contributed by atoms with van der Waals surface area (Å²) in [6.07, 6.45) is 0. The number of nitrogens with two attached hydrogens (primary N) is 1. The molecule has 0 aliphatic heterocycles. The maximum atomic E-state index is 5.99. The van der Waals surface area contributed by atoms with Crippen molar-refractivity contribution in [1.29, 1.82) is 0 Å². The Morgan fingerprint density at radius 3 is 2.50 bits per heavy atom. The average Bonchev–Trinajstić information content (AvgIpc) is 2.58. The molecule has 2 rings (SSSR count). The summed E-state index contributed by atoms with van der Waals surface area (Å²) in [6, 6.07) is 3.92. The molecule has 0 aliphatic carbocycles. The Morgan fingerprint density at radius 2 is 1.94 bits per heavy atom. The number of hydrogen-bond donors (Lipinski definition) is 2. The Hall–Kier alpha value is -1.62. The summed E-state index contributed by atoms with van der Waals surface area (Å²) >= 11 is 0. The highest BCUT2D eigenvalue weighted by molar-refractivity contribution is 5.73. The van der Waals surface area contributed by atoms with Crippen LogP contribution in [0.4, 0.5) is 5.82 Å². The van der Waals surface area contributed by atoms with E-state index in [-0.39, 0.29) is 0 Å². The van der Waals surface area contributed by atoms with Gasteiger partial charge in [-0.2, -0.15) is 0 Å². The van der Waals surface area contributed by atoms with E-state index in [9.17, 15) is 0 Å². The minimum absolute atomic E-state index is 0.473. The second-order valence-electron chi connectivity index (χ2n) is 4.74. The first-order chi connectivity index (χ1) is 7.38. The predicted molar refractivity (Wildman–Crippen MR) is 65.4 cm³/mol. The van der Waals surface area contributed by atoms with Gasteiger partial charge in [-0.1, -0.05) is 0 Å². The van der Waals surface area contributed by atoms with Crippen molar-refractivity contribution in [1.82, 2.24) is 15.0 Å². The molecule has 0 bridgehead atoms. The van der Waals surface area contributed by atoms with Gasteiger partial charge in [0.15, 0.2) is 5.65 Å². The molecule has 0 spiro atoms. The number of hydrogen-bond acceptors (Lipinski definition) is 4. The Kier molecular flexibility index (Phi) is 2.35. The third kappa shape index (κ3) is 1.86. The van der Waals surface area contributed by atoms with Gasteiger partial charge >= 0.3 is 0 Å². The van der Waals surface area contributed by atoms with Crippen LogP contribution in [0.25, 0.3) is 11.2 Å². The zero-order valence-electron chi connectivity index (χ0n) is 10.1. The predicted octanol–water partition coefficient (Wildman–Crippen LogP) is 1.22. The molecular weight excluding hydrogens is 202 g/mol. The number of anilines is 1. The molecule has 2 aromatic rings. The highest BCUT2D eigenvalue weighted by Crippen LogP contribution is 2.19. The van der Waals surface area contributed by atoms with Crippen molar-refractivity contribution in [3.63, 3.8) is 0 Å². The number of H-pyrrole nitrogens is 1. The number of imidazole rings is 1. The van der Waals surface area contributed by atoms with Crippen molar-refractivity contribution in [2.75, 3.05) is 19.0 Å². The third-order valence-corrected chi connectivity index (χ3v) is 2.40. The van der Waals surface area contributed by atoms with Crippen molar-refractivity contribution in [3.8, 4) is 0 Å². The molecule has 0 saturated heterocycles. The Balaban J connectivity index is 2.54. The van der Waals surface area contributed by atoms with E-state index in [1.807, 2.05) is 45.0 Å². The smallest absolute Gasteiger partial charge is 0.179 e. The van der Waals surface area contributed by atoms with E-state index < -0.39 is 5.54 Å². The molecule has 0 aliphatic rings. The van der Waals surface area contributed by atoms with Crippen LogP contribution in [0.2, 0.25) is 0 Å². The molecule has 0 aromatic carbocycles. The molecule has 0 radical (unpaired) electrons. The second-order valence-corrected chi connectivity index (χ2v) is 4.74. The molecule has 86 valence electrons. The molecule has 0 amide bonds. The maximum Gasteiger partial charge on any atom is 0.179 e. The summed E-state index contributed by atoms with van der Waals surface area (Å²) in [6.45, 7) is 3.83. The van der Waals surface area contributed by atoms with Crippen LogP contribution >= 0.6 is 0 Å². The third-order valence-electron chi connectivity index (χ3n) is 2.40. The van der Waals surface area contributed by atoms with Gasteiger partial charge in [-0.25, -0.2) is 9.97 Å². The highest BCUT2D eigenvalue weighted by Gasteiger charge is 2.19. The van der Waals surface area contributed by atoms with Gasteiger partial charge in [-0.3, -0.25) is 0 Å². The summed E-state index contributed by atoms with van der Waals surface area (Å²) in [5.41, 5.74) is 7.14. The lowest BCUT2D eigenvalue weighted by Gasteiger charge is -2.13. The van der Waals surface area contributed by atoms with Gasteiger partial charge in [0.2, 0.25) is 0 Å². The van der Waals surface area contributed by atoms with Gasteiger partial charge in [-0.05, 0) is 26.0 Å². The standard InChI is InChI=1S/C11H17N5/c1-11(2,12)10-13-7-5-6-8(16(3)4)14-9(7)15-10/h5-6H,12H2,1-4H3,(H,13,14,15). The van der Waals surface area contributed by atoms with E-state index >= 15 is 0 Å². The SMILES string of the molecule is CN(C)c1ccc2[nH]c(C(C)(C)N)nc2n1. The topological polar surface area (TPSA) is 70.8 Å². The molecule has 0 saturated carbocycles. The minimum atomic E-state index is -0.473. The first-order valence-corrected chi connectivity index (χ1v) is 5.21. The van der Waals surface area contributed by atoms with Gasteiger partial charge in [0, 0.05) is 14.1 Å². The number of fused-ring (bicyclic) bond motifs is 1. The van der Waals surface area contributed by atoms with Gasteiger partial charge < -0.3 is 15.6 Å². The van der Waals surface area contributed by atoms with E-state index in [4.69, 9.17) is 5.73 Å². The summed E-state index contributed by atoms with van der Waals surface area (Å²) in [7, 11) is 3.91. The Bertz CT molecular complexity index is 507. The largest absolute Gasteiger partial charge is 0.363 e. The number of aromatic amines is 1. The van der Waals surface area contributed by atoms with E-state index in [0.717, 1.165) is 17.2 Å². The van der Waals surface area contributed by atoms with Crippen LogP contribution in [0, 0.1) is 0 Å². The molecule has 0 unspecified atom stereocenters. The fourth-order valence-electron chi connectivity index (χ4n) is 1.44. The summed E-state index contributed by atoms with van der Waals surface area (Å²) in [5.74, 6) is 1.64. The van der Waals surface area contributed by atoms with E-state index in [2.05, 4.69) is 15.0 Å². The molecule has 0 fully saturated rings. The highest BCUT2D eigenvalue weighted by atomic mass is 15.2. The van der Waals surface area contributed by atoms with Crippen LogP contribution < -0.4 is 10.6 Å². The van der Waals surface area contributed by atoms with Crippen molar-refractivity contribution in [3.05, 3.63) is 18.0 Å². The lowest BCUT2D eigenvalue weighted by atomic mass is 10.1. The maximum absolute atomic E-state index is 5.99. The average molecular weight is 219 g/mol. The van der Waals surface area contributed by atoms with E-state index in [0.29, 0.717) is 5.65 Å². The monoisotopic (exact) mass is 219 g/mol. The number of rotatable bonds is 2. The normalized spacial score (nSPS) is 12.1. The lowest BCUT2D eigenvalue weighted by Crippen LogP contribution is -2.30. The molecule has 2 aromatic heterocycles. The number of aromatic nitrogens is 3. The molecule has 5 heteroatoms. The Labute approximate surface area is 94.7 Å². The van der Waals surface area contributed by atoms with Gasteiger partial charge in [0.05, 0.1) is 11.1 Å². The van der Waals surface area contributed by atoms with Gasteiger partial charge in [0.25, 0.3) is 0 Å². The van der Waals surface area contributed by atoms with Crippen molar-refractivity contribution < 1.29 is 0 Å². The number of nitrogens with one attached hydrogen (secondary N) is 1. The second kappa shape index (κ2) is 3.45. The molecular formula is C11H17N5. The quantitative estimate of drug-likeness (QED) is 0.796. The van der Waals surface area contributed by atoms with Crippen LogP contribution in [-0.2, 0) is 5.54 Å². The molecule has 0 atom stereocenters. The van der Waals surface area contributed by atoms with Crippen LogP contribution in [0.3, 0.4) is 0 Å². The van der Waals surface area contributed by atoms with Gasteiger partial charge in [-0.15, -0.1) is 0 Å².